The molecule has 3 rings (SSSR count). The molecule has 1 atom stereocenters. The molecule has 0 saturated carbocycles. The minimum absolute atomic E-state index is 0.193. The third-order valence-corrected chi connectivity index (χ3v) is 5.42. The highest BCUT2D eigenvalue weighted by molar-refractivity contribution is 5.68. The Hall–Kier alpha value is -2.37. The largest absolute Gasteiger partial charge is 0.389 e. The fraction of sp³-hybridized carbons (Fsp3) is 0.542. The second-order valence-electron chi connectivity index (χ2n) is 7.83. The van der Waals surface area contributed by atoms with Crippen molar-refractivity contribution in [3.8, 4) is 23.6 Å². The average molecular weight is 428 g/mol. The predicted octanol–water partition coefficient (Wildman–Crippen LogP) is 2.79. The summed E-state index contributed by atoms with van der Waals surface area (Å²) in [5.74, 6) is 3.26. The number of hydrogen-bond acceptors (Lipinski definition) is 7. The molecule has 1 fully saturated rings. The van der Waals surface area contributed by atoms with Gasteiger partial charge in [-0.05, 0) is 19.3 Å². The van der Waals surface area contributed by atoms with Gasteiger partial charge in [0.25, 0.3) is 0 Å². The molecule has 1 aromatic heterocycles. The molecular formula is C24H33N3O4. The minimum Gasteiger partial charge on any atom is -0.389 e. The van der Waals surface area contributed by atoms with Crippen LogP contribution in [0.5, 0.6) is 0 Å². The van der Waals surface area contributed by atoms with Crippen molar-refractivity contribution in [2.45, 2.75) is 31.9 Å². The molecule has 1 saturated heterocycles. The van der Waals surface area contributed by atoms with E-state index < -0.39 is 6.10 Å². The van der Waals surface area contributed by atoms with E-state index in [4.69, 9.17) is 20.4 Å². The maximum atomic E-state index is 10.5. The van der Waals surface area contributed by atoms with Crippen LogP contribution in [0.3, 0.4) is 0 Å². The summed E-state index contributed by atoms with van der Waals surface area (Å²) in [6.07, 6.45) is 8.13. The molecule has 1 aliphatic heterocycles. The first-order valence-electron chi connectivity index (χ1n) is 10.9. The number of benzene rings is 1. The number of rotatable bonds is 12. The third kappa shape index (κ3) is 6.81. The predicted molar refractivity (Wildman–Crippen MR) is 121 cm³/mol. The van der Waals surface area contributed by atoms with E-state index in [0.29, 0.717) is 26.2 Å². The van der Waals surface area contributed by atoms with E-state index in [0.717, 1.165) is 48.6 Å². The lowest BCUT2D eigenvalue weighted by Gasteiger charge is -2.29. The standard InChI is InChI=1S/C24H33N3O4/c1-3-15-30-19-21(28)17-26(14-16-29-2)18-22-23(20-10-6-4-7-11-20)25-31-24(22)27-12-8-5-9-13-27/h1,4,6-7,10-11,21,28H,5,8-9,12-19H2,2H3/t21-/m1/s1. The lowest BCUT2D eigenvalue weighted by atomic mass is 10.1. The zero-order valence-corrected chi connectivity index (χ0v) is 18.3. The highest BCUT2D eigenvalue weighted by Crippen LogP contribution is 2.33. The number of hydrogen-bond donors (Lipinski definition) is 1. The van der Waals surface area contributed by atoms with Gasteiger partial charge in [-0.25, -0.2) is 0 Å². The monoisotopic (exact) mass is 427 g/mol. The van der Waals surface area contributed by atoms with E-state index >= 15 is 0 Å². The van der Waals surface area contributed by atoms with Gasteiger partial charge in [0.05, 0.1) is 24.9 Å². The molecule has 0 unspecified atom stereocenters. The fourth-order valence-electron chi connectivity index (χ4n) is 3.89. The summed E-state index contributed by atoms with van der Waals surface area (Å²) in [7, 11) is 1.68. The maximum absolute atomic E-state index is 10.5. The van der Waals surface area contributed by atoms with Gasteiger partial charge < -0.3 is 24.0 Å². The van der Waals surface area contributed by atoms with Crippen molar-refractivity contribution in [1.29, 1.82) is 0 Å². The zero-order valence-electron chi connectivity index (χ0n) is 18.3. The number of piperidine rings is 1. The summed E-state index contributed by atoms with van der Waals surface area (Å²) in [4.78, 5) is 4.44. The van der Waals surface area contributed by atoms with Crippen LogP contribution >= 0.6 is 0 Å². The van der Waals surface area contributed by atoms with Crippen LogP contribution in [-0.4, -0.2) is 74.4 Å². The first-order chi connectivity index (χ1) is 15.2. The lowest BCUT2D eigenvalue weighted by molar-refractivity contribution is 0.0207. The van der Waals surface area contributed by atoms with Gasteiger partial charge in [-0.1, -0.05) is 41.4 Å². The molecule has 7 nitrogen and oxygen atoms in total. The van der Waals surface area contributed by atoms with Crippen LogP contribution < -0.4 is 4.90 Å². The topological polar surface area (TPSA) is 71.2 Å². The van der Waals surface area contributed by atoms with E-state index in [2.05, 4.69) is 20.9 Å². The maximum Gasteiger partial charge on any atom is 0.232 e. The van der Waals surface area contributed by atoms with Gasteiger partial charge in [0.2, 0.25) is 5.88 Å². The normalized spacial score (nSPS) is 15.2. The molecule has 7 heteroatoms. The van der Waals surface area contributed by atoms with Crippen LogP contribution in [-0.2, 0) is 16.0 Å². The number of aliphatic hydroxyl groups is 1. The van der Waals surface area contributed by atoms with Crippen molar-refractivity contribution in [2.24, 2.45) is 0 Å². The minimum atomic E-state index is -0.649. The third-order valence-electron chi connectivity index (χ3n) is 5.42. The summed E-state index contributed by atoms with van der Waals surface area (Å²) in [6.45, 7) is 4.58. The SMILES string of the molecule is C#CCOC[C@H](O)CN(CCOC)Cc1c(-c2ccccc2)noc1N1CCCCC1. The van der Waals surface area contributed by atoms with E-state index in [1.54, 1.807) is 7.11 Å². The first kappa shape index (κ1) is 23.3. The number of aromatic nitrogens is 1. The molecule has 0 aliphatic carbocycles. The quantitative estimate of drug-likeness (QED) is 0.413. The zero-order chi connectivity index (χ0) is 21.9. The Morgan fingerprint density at radius 1 is 1.26 bits per heavy atom. The van der Waals surface area contributed by atoms with Crippen LogP contribution in [0, 0.1) is 12.3 Å². The molecule has 1 aromatic carbocycles. The van der Waals surface area contributed by atoms with E-state index in [-0.39, 0.29) is 13.2 Å². The van der Waals surface area contributed by atoms with Crippen molar-refractivity contribution in [2.75, 3.05) is 58.0 Å². The number of ether oxygens (including phenoxy) is 2. The molecule has 2 heterocycles. The second kappa shape index (κ2) is 12.5. The van der Waals surface area contributed by atoms with Crippen LogP contribution in [0.1, 0.15) is 24.8 Å². The summed E-state index contributed by atoms with van der Waals surface area (Å²) >= 11 is 0. The molecule has 1 N–H and O–H groups in total. The fourth-order valence-corrected chi connectivity index (χ4v) is 3.89. The van der Waals surface area contributed by atoms with Crippen molar-refractivity contribution in [1.82, 2.24) is 10.1 Å². The molecule has 2 aromatic rings. The first-order valence-corrected chi connectivity index (χ1v) is 10.9. The number of anilines is 1. The van der Waals surface area contributed by atoms with Crippen LogP contribution in [0.25, 0.3) is 11.3 Å². The van der Waals surface area contributed by atoms with E-state index in [9.17, 15) is 5.11 Å². The Morgan fingerprint density at radius 2 is 2.03 bits per heavy atom. The number of nitrogens with zero attached hydrogens (tertiary/aromatic N) is 3. The molecule has 0 amide bonds. The Bertz CT molecular complexity index is 812. The molecule has 31 heavy (non-hydrogen) atoms. The van der Waals surface area contributed by atoms with Gasteiger partial charge in [0.1, 0.15) is 12.3 Å². The molecule has 1 aliphatic rings. The van der Waals surface area contributed by atoms with Crippen LogP contribution in [0.4, 0.5) is 5.88 Å². The summed E-state index contributed by atoms with van der Waals surface area (Å²) in [5, 5.41) is 14.9. The van der Waals surface area contributed by atoms with Gasteiger partial charge in [-0.15, -0.1) is 6.42 Å². The van der Waals surface area contributed by atoms with Gasteiger partial charge >= 0.3 is 0 Å². The molecule has 0 radical (unpaired) electrons. The summed E-state index contributed by atoms with van der Waals surface area (Å²) in [5.41, 5.74) is 2.91. The number of terminal acetylenes is 1. The number of aliphatic hydroxyl groups excluding tert-OH is 1. The highest BCUT2D eigenvalue weighted by atomic mass is 16.5. The number of methoxy groups -OCH3 is 1. The van der Waals surface area contributed by atoms with Crippen molar-refractivity contribution in [3.05, 3.63) is 35.9 Å². The lowest BCUT2D eigenvalue weighted by Crippen LogP contribution is -2.37. The Labute approximate surface area is 184 Å². The highest BCUT2D eigenvalue weighted by Gasteiger charge is 2.26. The van der Waals surface area contributed by atoms with E-state index in [1.165, 1.54) is 6.42 Å². The van der Waals surface area contributed by atoms with Crippen molar-refractivity contribution < 1.29 is 19.1 Å². The molecular weight excluding hydrogens is 394 g/mol. The Balaban J connectivity index is 1.83. The van der Waals surface area contributed by atoms with Crippen LogP contribution in [0.2, 0.25) is 0 Å². The van der Waals surface area contributed by atoms with Gasteiger partial charge in [0.15, 0.2) is 0 Å². The molecule has 0 spiro atoms. The van der Waals surface area contributed by atoms with Crippen LogP contribution in [0.15, 0.2) is 34.9 Å². The Kier molecular flexibility index (Phi) is 9.38. The smallest absolute Gasteiger partial charge is 0.232 e. The van der Waals surface area contributed by atoms with Crippen molar-refractivity contribution in [3.63, 3.8) is 0 Å². The average Bonchev–Trinajstić information content (AvgIpc) is 3.22. The molecule has 168 valence electrons. The van der Waals surface area contributed by atoms with Gasteiger partial charge in [0, 0.05) is 45.4 Å². The summed E-state index contributed by atoms with van der Waals surface area (Å²) < 4.78 is 16.5. The van der Waals surface area contributed by atoms with Gasteiger partial charge in [-0.3, -0.25) is 4.90 Å². The van der Waals surface area contributed by atoms with Crippen molar-refractivity contribution >= 4 is 5.88 Å². The Morgan fingerprint density at radius 3 is 2.74 bits per heavy atom. The summed E-state index contributed by atoms with van der Waals surface area (Å²) in [6, 6.07) is 10.1. The second-order valence-corrected chi connectivity index (χ2v) is 7.83. The molecule has 0 bridgehead atoms. The van der Waals surface area contributed by atoms with E-state index in [1.807, 2.05) is 30.3 Å². The van der Waals surface area contributed by atoms with Gasteiger partial charge in [-0.2, -0.15) is 0 Å².